The lowest BCUT2D eigenvalue weighted by atomic mass is 10.0. The van der Waals surface area contributed by atoms with Crippen molar-refractivity contribution in [2.24, 2.45) is 0 Å². The third-order valence-corrected chi connectivity index (χ3v) is 2.80. The first-order valence-corrected chi connectivity index (χ1v) is 5.14. The summed E-state index contributed by atoms with van der Waals surface area (Å²) in [6, 6.07) is 0. The van der Waals surface area contributed by atoms with Crippen molar-refractivity contribution < 1.29 is 18.7 Å². The van der Waals surface area contributed by atoms with Gasteiger partial charge in [-0.25, -0.2) is 8.78 Å². The van der Waals surface area contributed by atoms with Crippen molar-refractivity contribution in [3.05, 3.63) is 0 Å². The highest BCUT2D eigenvalue weighted by Crippen LogP contribution is 2.26. The predicted molar refractivity (Wildman–Crippen MR) is 51.7 cm³/mol. The van der Waals surface area contributed by atoms with Gasteiger partial charge in [0.05, 0.1) is 12.0 Å². The molecule has 0 radical (unpaired) electrons. The summed E-state index contributed by atoms with van der Waals surface area (Å²) in [7, 11) is 0. The van der Waals surface area contributed by atoms with Crippen LogP contribution in [-0.4, -0.2) is 40.5 Å². The van der Waals surface area contributed by atoms with Gasteiger partial charge in [-0.1, -0.05) is 6.92 Å². The number of hydrogen-bond acceptors (Lipinski definition) is 2. The number of amides is 1. The zero-order valence-corrected chi connectivity index (χ0v) is 9.09. The van der Waals surface area contributed by atoms with E-state index in [1.807, 2.05) is 6.92 Å². The van der Waals surface area contributed by atoms with Crippen LogP contribution in [0.25, 0.3) is 0 Å². The maximum absolute atomic E-state index is 12.6. The summed E-state index contributed by atoms with van der Waals surface area (Å²) in [5.41, 5.74) is -0.876. The first-order valence-electron chi connectivity index (χ1n) is 5.14. The number of β-amino-alcohol motifs (C(OH)–C–C–N with tert-alkyl or cyclic N) is 1. The number of aliphatic hydroxyl groups is 1. The fraction of sp³-hybridized carbons (Fsp3) is 0.900. The molecule has 1 amide bonds. The van der Waals surface area contributed by atoms with Crippen molar-refractivity contribution in [1.82, 2.24) is 4.90 Å². The average molecular weight is 221 g/mol. The summed E-state index contributed by atoms with van der Waals surface area (Å²) >= 11 is 0. The van der Waals surface area contributed by atoms with Gasteiger partial charge in [0.2, 0.25) is 5.91 Å². The Bertz CT molecular complexity index is 252. The molecule has 1 heterocycles. The highest BCUT2D eigenvalue weighted by Gasteiger charge is 2.38. The number of carbonyl (C=O) groups is 1. The minimum absolute atomic E-state index is 0.179. The highest BCUT2D eigenvalue weighted by molar-refractivity contribution is 5.77. The van der Waals surface area contributed by atoms with Crippen LogP contribution < -0.4 is 0 Å². The fourth-order valence-corrected chi connectivity index (χ4v) is 1.74. The van der Waals surface area contributed by atoms with Crippen molar-refractivity contribution >= 4 is 5.91 Å². The van der Waals surface area contributed by atoms with Crippen LogP contribution in [-0.2, 0) is 4.79 Å². The van der Waals surface area contributed by atoms with Crippen LogP contribution in [0.5, 0.6) is 0 Å². The summed E-state index contributed by atoms with van der Waals surface area (Å²) in [6.45, 7) is 3.10. The Morgan fingerprint density at radius 2 is 2.20 bits per heavy atom. The van der Waals surface area contributed by atoms with E-state index in [-0.39, 0.29) is 6.54 Å². The van der Waals surface area contributed by atoms with E-state index in [4.69, 9.17) is 0 Å². The summed E-state index contributed by atoms with van der Waals surface area (Å²) in [4.78, 5) is 12.7. The van der Waals surface area contributed by atoms with Gasteiger partial charge >= 0.3 is 0 Å². The van der Waals surface area contributed by atoms with Crippen molar-refractivity contribution in [3.63, 3.8) is 0 Å². The van der Waals surface area contributed by atoms with E-state index < -0.39 is 23.9 Å². The lowest BCUT2D eigenvalue weighted by Gasteiger charge is -2.22. The van der Waals surface area contributed by atoms with Gasteiger partial charge in [-0.05, 0) is 19.8 Å². The summed E-state index contributed by atoms with van der Waals surface area (Å²) in [5.74, 6) is -3.55. The first-order chi connectivity index (χ1) is 6.76. The molecular formula is C10H17F2NO2. The van der Waals surface area contributed by atoms with E-state index in [9.17, 15) is 18.7 Å². The molecule has 0 aromatic rings. The summed E-state index contributed by atoms with van der Waals surface area (Å²) < 4.78 is 25.2. The summed E-state index contributed by atoms with van der Waals surface area (Å²) in [6.07, 6.45) is 0.247. The fourth-order valence-electron chi connectivity index (χ4n) is 1.74. The summed E-state index contributed by atoms with van der Waals surface area (Å²) in [5, 5.41) is 9.84. The van der Waals surface area contributed by atoms with Gasteiger partial charge in [-0.3, -0.25) is 4.79 Å². The number of carbonyl (C=O) groups excluding carboxylic acids is 1. The molecule has 1 atom stereocenters. The molecule has 0 saturated carbocycles. The number of likely N-dealkylation sites (tertiary alicyclic amines) is 1. The van der Waals surface area contributed by atoms with E-state index in [1.165, 1.54) is 4.90 Å². The van der Waals surface area contributed by atoms with Gasteiger partial charge in [0.25, 0.3) is 5.92 Å². The van der Waals surface area contributed by atoms with Gasteiger partial charge in [0, 0.05) is 13.1 Å². The lowest BCUT2D eigenvalue weighted by molar-refractivity contribution is -0.137. The molecule has 1 rings (SSSR count). The molecule has 1 fully saturated rings. The second kappa shape index (κ2) is 4.04. The average Bonchev–Trinajstić information content (AvgIpc) is 2.46. The van der Waals surface area contributed by atoms with Crippen molar-refractivity contribution in [1.29, 1.82) is 0 Å². The Morgan fingerprint density at radius 1 is 1.60 bits per heavy atom. The van der Waals surface area contributed by atoms with Crippen LogP contribution in [0.2, 0.25) is 0 Å². The maximum Gasteiger partial charge on any atom is 0.254 e. The van der Waals surface area contributed by atoms with E-state index >= 15 is 0 Å². The van der Waals surface area contributed by atoms with Crippen LogP contribution >= 0.6 is 0 Å². The molecule has 15 heavy (non-hydrogen) atoms. The van der Waals surface area contributed by atoms with E-state index in [0.717, 1.165) is 6.92 Å². The SMILES string of the molecule is CCC1(O)CCN(C(=O)CC(C)(F)F)C1. The third-order valence-electron chi connectivity index (χ3n) is 2.80. The van der Waals surface area contributed by atoms with Crippen molar-refractivity contribution in [3.8, 4) is 0 Å². The Labute approximate surface area is 88.1 Å². The molecule has 1 saturated heterocycles. The molecule has 0 bridgehead atoms. The van der Waals surface area contributed by atoms with Crippen LogP contribution in [0.3, 0.4) is 0 Å². The number of halogens is 2. The molecule has 0 aromatic heterocycles. The molecule has 1 unspecified atom stereocenters. The van der Waals surface area contributed by atoms with Gasteiger partial charge in [0.1, 0.15) is 0 Å². The second-order valence-electron chi connectivity index (χ2n) is 4.39. The van der Waals surface area contributed by atoms with Gasteiger partial charge in [-0.15, -0.1) is 0 Å². The monoisotopic (exact) mass is 221 g/mol. The third kappa shape index (κ3) is 3.41. The Balaban J connectivity index is 2.51. The molecule has 1 N–H and O–H groups in total. The normalized spacial score (nSPS) is 27.1. The number of hydrogen-bond donors (Lipinski definition) is 1. The van der Waals surface area contributed by atoms with Gasteiger partial charge in [-0.2, -0.15) is 0 Å². The molecule has 88 valence electrons. The molecular weight excluding hydrogens is 204 g/mol. The minimum atomic E-state index is -2.97. The predicted octanol–water partition coefficient (Wildman–Crippen LogP) is 1.41. The van der Waals surface area contributed by atoms with E-state index in [1.54, 1.807) is 0 Å². The Morgan fingerprint density at radius 3 is 2.60 bits per heavy atom. The Hall–Kier alpha value is -0.710. The lowest BCUT2D eigenvalue weighted by Crippen LogP contribution is -2.37. The second-order valence-corrected chi connectivity index (χ2v) is 4.39. The van der Waals surface area contributed by atoms with Crippen LogP contribution in [0.1, 0.15) is 33.1 Å². The number of nitrogens with zero attached hydrogens (tertiary/aromatic N) is 1. The molecule has 0 aliphatic carbocycles. The maximum atomic E-state index is 12.6. The zero-order valence-electron chi connectivity index (χ0n) is 9.09. The quantitative estimate of drug-likeness (QED) is 0.782. The van der Waals surface area contributed by atoms with Gasteiger partial charge in [0.15, 0.2) is 0 Å². The highest BCUT2D eigenvalue weighted by atomic mass is 19.3. The van der Waals surface area contributed by atoms with E-state index in [2.05, 4.69) is 0 Å². The van der Waals surface area contributed by atoms with Gasteiger partial charge < -0.3 is 10.0 Å². The van der Waals surface area contributed by atoms with Crippen molar-refractivity contribution in [2.75, 3.05) is 13.1 Å². The van der Waals surface area contributed by atoms with Crippen LogP contribution in [0.4, 0.5) is 8.78 Å². The minimum Gasteiger partial charge on any atom is -0.388 e. The number of alkyl halides is 2. The standard InChI is InChI=1S/C10H17F2NO2/c1-3-10(15)4-5-13(7-10)8(14)6-9(2,11)12/h15H,3-7H2,1-2H3. The first kappa shape index (κ1) is 12.4. The topological polar surface area (TPSA) is 40.5 Å². The molecule has 1 aliphatic heterocycles. The zero-order chi connectivity index (χ0) is 11.7. The molecule has 1 aliphatic rings. The smallest absolute Gasteiger partial charge is 0.254 e. The van der Waals surface area contributed by atoms with Crippen molar-refractivity contribution in [2.45, 2.75) is 44.6 Å². The van der Waals surface area contributed by atoms with Crippen LogP contribution in [0, 0.1) is 0 Å². The number of rotatable bonds is 3. The van der Waals surface area contributed by atoms with E-state index in [0.29, 0.717) is 19.4 Å². The van der Waals surface area contributed by atoms with Crippen LogP contribution in [0.15, 0.2) is 0 Å². The Kier molecular flexibility index (Phi) is 3.33. The largest absolute Gasteiger partial charge is 0.388 e. The molecule has 5 heteroatoms. The molecule has 0 aromatic carbocycles. The molecule has 3 nitrogen and oxygen atoms in total. The molecule has 0 spiro atoms.